The highest BCUT2D eigenvalue weighted by atomic mass is 19.1. The van der Waals surface area contributed by atoms with E-state index in [0.29, 0.717) is 30.9 Å². The van der Waals surface area contributed by atoms with Gasteiger partial charge in [-0.3, -0.25) is 9.69 Å². The summed E-state index contributed by atoms with van der Waals surface area (Å²) in [6, 6.07) is 9.07. The van der Waals surface area contributed by atoms with Crippen molar-refractivity contribution in [1.82, 2.24) is 4.90 Å². The first-order valence-corrected chi connectivity index (χ1v) is 12.6. The summed E-state index contributed by atoms with van der Waals surface area (Å²) in [6.45, 7) is 4.87. The van der Waals surface area contributed by atoms with E-state index in [0.717, 1.165) is 12.1 Å². The third-order valence-corrected chi connectivity index (χ3v) is 8.84. The lowest BCUT2D eigenvalue weighted by molar-refractivity contribution is -0.153. The smallest absolute Gasteiger partial charge is 0.254 e. The van der Waals surface area contributed by atoms with Gasteiger partial charge in [-0.1, -0.05) is 18.2 Å². The zero-order valence-electron chi connectivity index (χ0n) is 20.4. The first kappa shape index (κ1) is 23.3. The van der Waals surface area contributed by atoms with Crippen LogP contribution >= 0.6 is 0 Å². The highest BCUT2D eigenvalue weighted by Gasteiger charge is 2.69. The lowest BCUT2D eigenvalue weighted by Gasteiger charge is -2.59. The van der Waals surface area contributed by atoms with Gasteiger partial charge < -0.3 is 25.4 Å². The highest BCUT2D eigenvalue weighted by Crippen LogP contribution is 2.63. The molecule has 36 heavy (non-hydrogen) atoms. The standard InChI is InChI=1S/C28H31FN2O5/c1-15(26(34)30-19-6-4-3-5-18(19)29)23(33)25-28-11-12-31(14-16-7-8-16)21(27(28,2)35)13-17-9-10-20(32)24(36-25)22(17)28/h3-6,9-10,16,21,25,32-33,35H,7-8,11-14H2,1-2H3,(H,30,34)/b23-15-/t21-,25+,27-,28+/m1/s1. The van der Waals surface area contributed by atoms with Crippen molar-refractivity contribution in [2.45, 2.75) is 62.7 Å². The summed E-state index contributed by atoms with van der Waals surface area (Å²) in [4.78, 5) is 15.4. The van der Waals surface area contributed by atoms with Crippen molar-refractivity contribution in [2.24, 2.45) is 5.92 Å². The van der Waals surface area contributed by atoms with Crippen LogP contribution in [0.25, 0.3) is 0 Å². The molecule has 2 aliphatic carbocycles. The average molecular weight is 495 g/mol. The Bertz CT molecular complexity index is 1290. The Balaban J connectivity index is 1.43. The number of phenols is 1. The van der Waals surface area contributed by atoms with Crippen LogP contribution in [0.15, 0.2) is 47.7 Å². The second-order valence-corrected chi connectivity index (χ2v) is 10.9. The van der Waals surface area contributed by atoms with Gasteiger partial charge in [0, 0.05) is 18.2 Å². The normalized spacial score (nSPS) is 31.3. The first-order valence-electron chi connectivity index (χ1n) is 12.6. The number of ether oxygens (including phenoxy) is 1. The average Bonchev–Trinajstić information content (AvgIpc) is 3.58. The number of halogens is 1. The molecule has 2 fully saturated rings. The van der Waals surface area contributed by atoms with Gasteiger partial charge >= 0.3 is 0 Å². The first-order chi connectivity index (χ1) is 17.1. The maximum absolute atomic E-state index is 14.1. The molecule has 2 aromatic carbocycles. The summed E-state index contributed by atoms with van der Waals surface area (Å²) in [5.41, 5.74) is -0.695. The van der Waals surface area contributed by atoms with Crippen molar-refractivity contribution < 1.29 is 29.2 Å². The molecule has 0 unspecified atom stereocenters. The quantitative estimate of drug-likeness (QED) is 0.373. The minimum absolute atomic E-state index is 0.00137. The maximum Gasteiger partial charge on any atom is 0.254 e. The van der Waals surface area contributed by atoms with Crippen LogP contribution in [0.3, 0.4) is 0 Å². The fraction of sp³-hybridized carbons (Fsp3) is 0.464. The number of anilines is 1. The Hall–Kier alpha value is -3.10. The molecule has 8 heteroatoms. The second kappa shape index (κ2) is 7.95. The Morgan fingerprint density at radius 1 is 1.25 bits per heavy atom. The zero-order chi connectivity index (χ0) is 25.4. The van der Waals surface area contributed by atoms with E-state index in [2.05, 4.69) is 10.2 Å². The number of amides is 1. The highest BCUT2D eigenvalue weighted by molar-refractivity contribution is 6.03. The van der Waals surface area contributed by atoms with Crippen LogP contribution in [-0.2, 0) is 16.6 Å². The Labute approximate surface area is 209 Å². The number of aromatic hydroxyl groups is 1. The number of carbonyl (C=O) groups is 1. The number of fused-ring (bicyclic) bond motifs is 1. The van der Waals surface area contributed by atoms with Crippen molar-refractivity contribution in [3.05, 3.63) is 64.7 Å². The molecule has 4 aliphatic rings. The molecule has 0 aromatic heterocycles. The van der Waals surface area contributed by atoms with Crippen LogP contribution in [-0.4, -0.2) is 57.0 Å². The molecule has 6 rings (SSSR count). The lowest BCUT2D eigenvalue weighted by atomic mass is 9.53. The Morgan fingerprint density at radius 3 is 2.72 bits per heavy atom. The van der Waals surface area contributed by atoms with Crippen molar-refractivity contribution in [3.63, 3.8) is 0 Å². The van der Waals surface area contributed by atoms with Gasteiger partial charge in [-0.05, 0) is 75.8 Å². The lowest BCUT2D eigenvalue weighted by Crippen LogP contribution is -2.73. The predicted molar refractivity (Wildman–Crippen MR) is 132 cm³/mol. The maximum atomic E-state index is 14.1. The van der Waals surface area contributed by atoms with E-state index in [9.17, 15) is 24.5 Å². The van der Waals surface area contributed by atoms with Crippen LogP contribution in [0.4, 0.5) is 10.1 Å². The molecule has 7 nitrogen and oxygen atoms in total. The second-order valence-electron chi connectivity index (χ2n) is 10.9. The molecule has 1 saturated heterocycles. The number of carbonyl (C=O) groups excluding carboxylic acids is 1. The Morgan fingerprint density at radius 2 is 2.00 bits per heavy atom. The van der Waals surface area contributed by atoms with E-state index in [1.807, 2.05) is 6.07 Å². The number of aliphatic hydroxyl groups excluding tert-OH is 1. The Kier molecular flexibility index (Phi) is 5.15. The third kappa shape index (κ3) is 3.20. The molecule has 190 valence electrons. The molecule has 2 bridgehead atoms. The molecule has 1 saturated carbocycles. The molecular weight excluding hydrogens is 463 g/mol. The number of phenolic OH excluding ortho intramolecular Hbond substituents is 1. The van der Waals surface area contributed by atoms with E-state index < -0.39 is 28.8 Å². The summed E-state index contributed by atoms with van der Waals surface area (Å²) in [5.74, 6) is -0.748. The monoisotopic (exact) mass is 494 g/mol. The van der Waals surface area contributed by atoms with Gasteiger partial charge in [-0.2, -0.15) is 0 Å². The van der Waals surface area contributed by atoms with Gasteiger partial charge in [0.15, 0.2) is 17.6 Å². The minimum atomic E-state index is -1.30. The number of rotatable bonds is 5. The van der Waals surface area contributed by atoms with Crippen molar-refractivity contribution in [1.29, 1.82) is 0 Å². The summed E-state index contributed by atoms with van der Waals surface area (Å²) in [6.07, 6.45) is 2.43. The van der Waals surface area contributed by atoms with E-state index >= 15 is 0 Å². The number of hydrogen-bond acceptors (Lipinski definition) is 6. The third-order valence-electron chi connectivity index (χ3n) is 8.84. The van der Waals surface area contributed by atoms with E-state index in [4.69, 9.17) is 4.74 Å². The summed E-state index contributed by atoms with van der Waals surface area (Å²) in [7, 11) is 0. The molecular formula is C28H31FN2O5. The fourth-order valence-corrected chi connectivity index (χ4v) is 6.66. The number of para-hydroxylation sites is 1. The fourth-order valence-electron chi connectivity index (χ4n) is 6.66. The van der Waals surface area contributed by atoms with Gasteiger partial charge in [-0.15, -0.1) is 0 Å². The molecule has 2 aromatic rings. The van der Waals surface area contributed by atoms with Gasteiger partial charge in [0.1, 0.15) is 11.6 Å². The van der Waals surface area contributed by atoms with Crippen LogP contribution in [0.1, 0.15) is 44.2 Å². The summed E-state index contributed by atoms with van der Waals surface area (Å²) < 4.78 is 20.3. The number of likely N-dealkylation sites (tertiary alicyclic amines) is 1. The zero-order valence-corrected chi connectivity index (χ0v) is 20.4. The molecule has 2 heterocycles. The van der Waals surface area contributed by atoms with Crippen LogP contribution in [0, 0.1) is 11.7 Å². The predicted octanol–water partition coefficient (Wildman–Crippen LogP) is 3.79. The van der Waals surface area contributed by atoms with Crippen molar-refractivity contribution >= 4 is 11.6 Å². The molecule has 1 amide bonds. The van der Waals surface area contributed by atoms with Gasteiger partial charge in [-0.25, -0.2) is 4.39 Å². The van der Waals surface area contributed by atoms with Crippen molar-refractivity contribution in [2.75, 3.05) is 18.4 Å². The van der Waals surface area contributed by atoms with E-state index in [-0.39, 0.29) is 34.6 Å². The summed E-state index contributed by atoms with van der Waals surface area (Å²) in [5, 5.41) is 36.9. The number of benzene rings is 2. The number of nitrogens with zero attached hydrogens (tertiary/aromatic N) is 1. The van der Waals surface area contributed by atoms with Crippen LogP contribution < -0.4 is 10.1 Å². The van der Waals surface area contributed by atoms with Crippen molar-refractivity contribution in [3.8, 4) is 11.5 Å². The summed E-state index contributed by atoms with van der Waals surface area (Å²) >= 11 is 0. The number of aliphatic hydroxyl groups is 2. The molecule has 0 radical (unpaired) electrons. The van der Waals surface area contributed by atoms with Gasteiger partial charge in [0.05, 0.1) is 22.3 Å². The minimum Gasteiger partial charge on any atom is -0.508 e. The number of nitrogens with one attached hydrogen (secondary N) is 1. The SMILES string of the molecule is C/C(C(=O)Nc1ccccc1F)=C(/O)[C@@H]1Oc2c(O)ccc3c2[C@@]12CCN(CC1CC1)[C@H](C3)[C@@]2(C)O. The number of piperidine rings is 1. The largest absolute Gasteiger partial charge is 0.508 e. The topological polar surface area (TPSA) is 102 Å². The van der Waals surface area contributed by atoms with E-state index in [1.165, 1.54) is 38.0 Å². The molecule has 2 aliphatic heterocycles. The number of hydrogen-bond donors (Lipinski definition) is 4. The van der Waals surface area contributed by atoms with Crippen LogP contribution in [0.2, 0.25) is 0 Å². The van der Waals surface area contributed by atoms with Gasteiger partial charge in [0.25, 0.3) is 5.91 Å². The molecule has 4 atom stereocenters. The van der Waals surface area contributed by atoms with E-state index in [1.54, 1.807) is 19.1 Å². The van der Waals surface area contributed by atoms with Gasteiger partial charge in [0.2, 0.25) is 0 Å². The van der Waals surface area contributed by atoms with Crippen LogP contribution in [0.5, 0.6) is 11.5 Å². The molecule has 1 spiro atoms. The molecule has 4 N–H and O–H groups in total.